The summed E-state index contributed by atoms with van der Waals surface area (Å²) in [4.78, 5) is 19.2. The van der Waals surface area contributed by atoms with Crippen LogP contribution in [0.4, 0.5) is 13.2 Å². The van der Waals surface area contributed by atoms with E-state index in [2.05, 4.69) is 4.98 Å². The second kappa shape index (κ2) is 6.22. The molecule has 142 valence electrons. The first-order chi connectivity index (χ1) is 12.3. The largest absolute Gasteiger partial charge is 0.417 e. The fourth-order valence-electron chi connectivity index (χ4n) is 4.88. The van der Waals surface area contributed by atoms with E-state index in [-0.39, 0.29) is 18.5 Å². The zero-order valence-electron chi connectivity index (χ0n) is 14.7. The minimum atomic E-state index is -4.42. The molecule has 0 aromatic carbocycles. The summed E-state index contributed by atoms with van der Waals surface area (Å²) in [6.45, 7) is 0.739. The van der Waals surface area contributed by atoms with Gasteiger partial charge in [0, 0.05) is 37.4 Å². The Morgan fingerprint density at radius 3 is 2.65 bits per heavy atom. The minimum absolute atomic E-state index is 0.0510. The number of carbonyl (C=O) groups excluding carboxylic acids is 1. The van der Waals surface area contributed by atoms with Crippen LogP contribution in [0.5, 0.6) is 0 Å². The summed E-state index contributed by atoms with van der Waals surface area (Å²) < 4.78 is 39.0. The van der Waals surface area contributed by atoms with E-state index in [1.165, 1.54) is 0 Å². The molecule has 1 amide bonds. The Bertz CT molecular complexity index is 716. The average molecular weight is 367 g/mol. The summed E-state index contributed by atoms with van der Waals surface area (Å²) in [7, 11) is 0. The summed E-state index contributed by atoms with van der Waals surface area (Å²) in [6, 6.07) is 1.20. The van der Waals surface area contributed by atoms with Crippen molar-refractivity contribution in [3.63, 3.8) is 0 Å². The third-order valence-corrected chi connectivity index (χ3v) is 6.55. The average Bonchev–Trinajstić information content (AvgIpc) is 2.93. The first-order valence-electron chi connectivity index (χ1n) is 9.39. The van der Waals surface area contributed by atoms with E-state index in [1.807, 2.05) is 0 Å². The Labute approximate surface area is 151 Å². The Morgan fingerprint density at radius 1 is 1.31 bits per heavy atom. The van der Waals surface area contributed by atoms with Crippen molar-refractivity contribution < 1.29 is 18.0 Å². The number of fused-ring (bicyclic) bond motifs is 1. The van der Waals surface area contributed by atoms with Gasteiger partial charge in [-0.3, -0.25) is 9.78 Å². The number of alkyl halides is 3. The van der Waals surface area contributed by atoms with Crippen LogP contribution in [0.25, 0.3) is 0 Å². The Balaban J connectivity index is 1.58. The molecule has 1 aromatic heterocycles. The lowest BCUT2D eigenvalue weighted by Gasteiger charge is -2.45. The molecular weight excluding hydrogens is 343 g/mol. The fraction of sp³-hybridized carbons (Fsp3) is 0.684. The highest BCUT2D eigenvalue weighted by molar-refractivity contribution is 5.84. The number of amides is 1. The van der Waals surface area contributed by atoms with Crippen molar-refractivity contribution in [1.82, 2.24) is 9.88 Å². The van der Waals surface area contributed by atoms with Crippen molar-refractivity contribution in [1.29, 1.82) is 0 Å². The number of aromatic nitrogens is 1. The van der Waals surface area contributed by atoms with Crippen LogP contribution in [0.15, 0.2) is 12.3 Å². The van der Waals surface area contributed by atoms with Crippen LogP contribution < -0.4 is 5.73 Å². The Kier molecular flexibility index (Phi) is 4.25. The molecule has 0 saturated heterocycles. The number of nitrogens with two attached hydrogens (primary N) is 1. The number of hydrogen-bond acceptors (Lipinski definition) is 3. The molecule has 26 heavy (non-hydrogen) atoms. The topological polar surface area (TPSA) is 59.2 Å². The van der Waals surface area contributed by atoms with Crippen LogP contribution in [0.3, 0.4) is 0 Å². The van der Waals surface area contributed by atoms with Crippen LogP contribution >= 0.6 is 0 Å². The summed E-state index contributed by atoms with van der Waals surface area (Å²) in [5, 5.41) is 0. The highest BCUT2D eigenvalue weighted by Gasteiger charge is 2.53. The first-order valence-corrected chi connectivity index (χ1v) is 9.39. The molecule has 4 nitrogen and oxygen atoms in total. The van der Waals surface area contributed by atoms with Crippen molar-refractivity contribution in [3.05, 3.63) is 29.1 Å². The summed E-state index contributed by atoms with van der Waals surface area (Å²) in [5.41, 5.74) is 6.17. The van der Waals surface area contributed by atoms with Crippen molar-refractivity contribution in [2.45, 2.75) is 63.7 Å². The van der Waals surface area contributed by atoms with Gasteiger partial charge in [-0.2, -0.15) is 13.2 Å². The number of pyridine rings is 1. The molecule has 4 rings (SSSR count). The molecule has 0 spiro atoms. The van der Waals surface area contributed by atoms with Gasteiger partial charge in [-0.25, -0.2) is 0 Å². The molecule has 2 saturated carbocycles. The maximum absolute atomic E-state index is 13.4. The SMILES string of the molecule is N[C@@H]1CC[C@@](C(=O)N2CCc3ncc(C(F)(F)F)cc3C2)(C2CCC2)C1. The third kappa shape index (κ3) is 2.90. The number of halogens is 3. The molecule has 2 N–H and O–H groups in total. The number of carbonyl (C=O) groups is 1. The maximum Gasteiger partial charge on any atom is 0.417 e. The third-order valence-electron chi connectivity index (χ3n) is 6.55. The highest BCUT2D eigenvalue weighted by Crippen LogP contribution is 2.53. The van der Waals surface area contributed by atoms with Gasteiger partial charge in [-0.15, -0.1) is 0 Å². The summed E-state index contributed by atoms with van der Waals surface area (Å²) in [6.07, 6.45) is 2.62. The molecule has 2 fully saturated rings. The zero-order valence-corrected chi connectivity index (χ0v) is 14.7. The molecule has 1 aliphatic heterocycles. The molecular formula is C19H24F3N3O. The lowest BCUT2D eigenvalue weighted by Crippen LogP contribution is -2.50. The molecule has 2 heterocycles. The quantitative estimate of drug-likeness (QED) is 0.873. The van der Waals surface area contributed by atoms with Gasteiger partial charge in [-0.1, -0.05) is 6.42 Å². The normalized spacial score (nSPS) is 29.4. The molecule has 2 aliphatic carbocycles. The van der Waals surface area contributed by atoms with Crippen molar-refractivity contribution >= 4 is 5.91 Å². The summed E-state index contributed by atoms with van der Waals surface area (Å²) >= 11 is 0. The van der Waals surface area contributed by atoms with Gasteiger partial charge in [0.05, 0.1) is 11.0 Å². The van der Waals surface area contributed by atoms with Crippen molar-refractivity contribution in [2.24, 2.45) is 17.1 Å². The van der Waals surface area contributed by atoms with Gasteiger partial charge in [0.2, 0.25) is 5.91 Å². The first kappa shape index (κ1) is 17.8. The number of nitrogens with zero attached hydrogens (tertiary/aromatic N) is 2. The van der Waals surface area contributed by atoms with E-state index in [9.17, 15) is 18.0 Å². The number of rotatable bonds is 2. The minimum Gasteiger partial charge on any atom is -0.337 e. The van der Waals surface area contributed by atoms with Crippen LogP contribution in [-0.4, -0.2) is 28.4 Å². The molecule has 0 radical (unpaired) electrons. The van der Waals surface area contributed by atoms with E-state index in [4.69, 9.17) is 5.73 Å². The van der Waals surface area contributed by atoms with Gasteiger partial charge in [-0.05, 0) is 49.7 Å². The predicted molar refractivity (Wildman–Crippen MR) is 90.0 cm³/mol. The Morgan fingerprint density at radius 2 is 2.08 bits per heavy atom. The number of hydrogen-bond donors (Lipinski definition) is 1. The van der Waals surface area contributed by atoms with Gasteiger partial charge < -0.3 is 10.6 Å². The second-order valence-corrected chi connectivity index (χ2v) is 8.09. The smallest absolute Gasteiger partial charge is 0.337 e. The van der Waals surface area contributed by atoms with E-state index >= 15 is 0 Å². The molecule has 7 heteroatoms. The van der Waals surface area contributed by atoms with Crippen LogP contribution in [0, 0.1) is 11.3 Å². The van der Waals surface area contributed by atoms with Crippen LogP contribution in [0.2, 0.25) is 0 Å². The zero-order chi connectivity index (χ0) is 18.5. The van der Waals surface area contributed by atoms with Gasteiger partial charge in [0.25, 0.3) is 0 Å². The molecule has 2 atom stereocenters. The highest BCUT2D eigenvalue weighted by atomic mass is 19.4. The van der Waals surface area contributed by atoms with Gasteiger partial charge in [0.1, 0.15) is 0 Å². The monoisotopic (exact) mass is 367 g/mol. The standard InChI is InChI=1S/C19H24F3N3O/c20-19(21,22)14-8-12-11-25(7-5-16(12)24-10-14)17(26)18(13-2-1-3-13)6-4-15(23)9-18/h8,10,13,15H,1-7,9,11,23H2/t15-,18+/m1/s1. The van der Waals surface area contributed by atoms with E-state index in [0.717, 1.165) is 44.4 Å². The maximum atomic E-state index is 13.4. The molecule has 3 aliphatic rings. The van der Waals surface area contributed by atoms with Gasteiger partial charge in [0.15, 0.2) is 0 Å². The fourth-order valence-corrected chi connectivity index (χ4v) is 4.88. The van der Waals surface area contributed by atoms with E-state index < -0.39 is 17.2 Å². The van der Waals surface area contributed by atoms with E-state index in [0.29, 0.717) is 36.6 Å². The van der Waals surface area contributed by atoms with Crippen LogP contribution in [0.1, 0.15) is 55.3 Å². The lowest BCUT2D eigenvalue weighted by atomic mass is 9.63. The molecule has 0 bridgehead atoms. The van der Waals surface area contributed by atoms with Crippen LogP contribution in [-0.2, 0) is 23.9 Å². The Hall–Kier alpha value is -1.63. The molecule has 1 aromatic rings. The van der Waals surface area contributed by atoms with Crippen molar-refractivity contribution in [2.75, 3.05) is 6.54 Å². The predicted octanol–water partition coefficient (Wildman–Crippen LogP) is 3.28. The molecule has 0 unspecified atom stereocenters. The van der Waals surface area contributed by atoms with Gasteiger partial charge >= 0.3 is 6.18 Å². The lowest BCUT2D eigenvalue weighted by molar-refractivity contribution is -0.149. The summed E-state index contributed by atoms with van der Waals surface area (Å²) in [5.74, 6) is 0.475. The van der Waals surface area contributed by atoms with E-state index in [1.54, 1.807) is 4.90 Å². The van der Waals surface area contributed by atoms with Crippen molar-refractivity contribution in [3.8, 4) is 0 Å². The second-order valence-electron chi connectivity index (χ2n) is 8.09.